The number of carbonyl (C=O) groups is 1. The van der Waals surface area contributed by atoms with Gasteiger partial charge in [0.15, 0.2) is 0 Å². The van der Waals surface area contributed by atoms with E-state index in [0.29, 0.717) is 6.54 Å². The van der Waals surface area contributed by atoms with Crippen LogP contribution in [0.4, 0.5) is 17.1 Å². The first-order valence-corrected chi connectivity index (χ1v) is 9.85. The normalized spacial score (nSPS) is 20.1. The molecule has 0 saturated heterocycles. The first-order chi connectivity index (χ1) is 12.0. The van der Waals surface area contributed by atoms with Crippen LogP contribution in [0.2, 0.25) is 0 Å². The van der Waals surface area contributed by atoms with Crippen molar-refractivity contribution in [2.75, 3.05) is 28.3 Å². The van der Waals surface area contributed by atoms with Crippen LogP contribution in [0.1, 0.15) is 38.1 Å². The standard InChI is InChI=1S/C20H23N3OS/c1-5-23-17-11-16-15(10-14(17)20(2,3)19(23)24)21-18(22-16)12-6-8-13(25-4)9-7-12/h6-11,18,21-22H,5H2,1-4H3. The number of nitrogens with one attached hydrogen (secondary N) is 2. The number of hydrogen-bond acceptors (Lipinski definition) is 4. The smallest absolute Gasteiger partial charge is 0.237 e. The lowest BCUT2D eigenvalue weighted by atomic mass is 9.86. The van der Waals surface area contributed by atoms with Crippen molar-refractivity contribution in [1.29, 1.82) is 0 Å². The van der Waals surface area contributed by atoms with Gasteiger partial charge < -0.3 is 15.5 Å². The highest BCUT2D eigenvalue weighted by molar-refractivity contribution is 7.98. The van der Waals surface area contributed by atoms with Crippen LogP contribution in [0.3, 0.4) is 0 Å². The summed E-state index contributed by atoms with van der Waals surface area (Å²) in [4.78, 5) is 15.8. The predicted octanol–water partition coefficient (Wildman–Crippen LogP) is 4.59. The van der Waals surface area contributed by atoms with E-state index in [-0.39, 0.29) is 12.1 Å². The number of benzene rings is 2. The molecule has 25 heavy (non-hydrogen) atoms. The minimum absolute atomic E-state index is 0.0577. The number of anilines is 3. The summed E-state index contributed by atoms with van der Waals surface area (Å²) in [7, 11) is 0. The van der Waals surface area contributed by atoms with Gasteiger partial charge in [0.25, 0.3) is 0 Å². The van der Waals surface area contributed by atoms with Crippen molar-refractivity contribution in [3.63, 3.8) is 0 Å². The minimum atomic E-state index is -0.472. The second kappa shape index (κ2) is 5.70. The molecule has 0 saturated carbocycles. The average molecular weight is 353 g/mol. The van der Waals surface area contributed by atoms with Crippen LogP contribution in [0, 0.1) is 0 Å². The number of likely N-dealkylation sites (N-methyl/N-ethyl adjacent to an activating group) is 1. The second-order valence-corrected chi connectivity index (χ2v) is 7.96. The molecule has 2 aromatic carbocycles. The molecule has 0 aliphatic carbocycles. The van der Waals surface area contributed by atoms with Crippen molar-refractivity contribution in [3.8, 4) is 0 Å². The van der Waals surface area contributed by atoms with Gasteiger partial charge in [-0.1, -0.05) is 12.1 Å². The molecule has 130 valence electrons. The third-order valence-corrected chi connectivity index (χ3v) is 5.99. The average Bonchev–Trinajstić information content (AvgIpc) is 3.11. The molecule has 2 aromatic rings. The lowest BCUT2D eigenvalue weighted by molar-refractivity contribution is -0.122. The molecule has 4 rings (SSSR count). The Morgan fingerprint density at radius 2 is 1.76 bits per heavy atom. The summed E-state index contributed by atoms with van der Waals surface area (Å²) in [6.07, 6.45) is 2.14. The molecule has 5 heteroatoms. The van der Waals surface area contributed by atoms with E-state index in [1.165, 1.54) is 10.5 Å². The van der Waals surface area contributed by atoms with Gasteiger partial charge in [0.05, 0.1) is 22.5 Å². The number of thioether (sulfide) groups is 1. The van der Waals surface area contributed by atoms with Crippen molar-refractivity contribution in [2.24, 2.45) is 0 Å². The summed E-state index contributed by atoms with van der Waals surface area (Å²) < 4.78 is 0. The minimum Gasteiger partial charge on any atom is -0.360 e. The van der Waals surface area contributed by atoms with E-state index < -0.39 is 5.41 Å². The first-order valence-electron chi connectivity index (χ1n) is 8.63. The fourth-order valence-electron chi connectivity index (χ4n) is 3.74. The van der Waals surface area contributed by atoms with Crippen LogP contribution in [0.5, 0.6) is 0 Å². The summed E-state index contributed by atoms with van der Waals surface area (Å²) in [5, 5.41) is 7.10. The zero-order valence-electron chi connectivity index (χ0n) is 15.0. The fraction of sp³-hybridized carbons (Fsp3) is 0.350. The van der Waals surface area contributed by atoms with Crippen molar-refractivity contribution < 1.29 is 4.79 Å². The van der Waals surface area contributed by atoms with Crippen LogP contribution in [-0.2, 0) is 10.2 Å². The molecule has 2 N–H and O–H groups in total. The number of amides is 1. The van der Waals surface area contributed by atoms with Crippen molar-refractivity contribution >= 4 is 34.7 Å². The Hall–Kier alpha value is -2.14. The Labute approximate surface area is 153 Å². The maximum atomic E-state index is 12.7. The van der Waals surface area contributed by atoms with Gasteiger partial charge in [0.2, 0.25) is 5.91 Å². The van der Waals surface area contributed by atoms with Gasteiger partial charge in [-0.25, -0.2) is 0 Å². The van der Waals surface area contributed by atoms with E-state index >= 15 is 0 Å². The maximum absolute atomic E-state index is 12.7. The van der Waals surface area contributed by atoms with E-state index in [1.807, 2.05) is 25.7 Å². The quantitative estimate of drug-likeness (QED) is 0.792. The van der Waals surface area contributed by atoms with E-state index in [4.69, 9.17) is 0 Å². The number of hydrogen-bond donors (Lipinski definition) is 2. The fourth-order valence-corrected chi connectivity index (χ4v) is 4.15. The molecule has 2 aliphatic rings. The van der Waals surface area contributed by atoms with Gasteiger partial charge in [-0.05, 0) is 62.4 Å². The highest BCUT2D eigenvalue weighted by Gasteiger charge is 2.44. The zero-order valence-corrected chi connectivity index (χ0v) is 15.8. The van der Waals surface area contributed by atoms with Crippen LogP contribution in [0.25, 0.3) is 0 Å². The van der Waals surface area contributed by atoms with Gasteiger partial charge in [-0.2, -0.15) is 0 Å². The zero-order chi connectivity index (χ0) is 17.8. The monoisotopic (exact) mass is 353 g/mol. The number of fused-ring (bicyclic) bond motifs is 2. The van der Waals surface area contributed by atoms with E-state index in [9.17, 15) is 4.79 Å². The summed E-state index contributed by atoms with van der Waals surface area (Å²) >= 11 is 1.75. The van der Waals surface area contributed by atoms with Crippen molar-refractivity contribution in [1.82, 2.24) is 0 Å². The van der Waals surface area contributed by atoms with Gasteiger partial charge in [0, 0.05) is 11.4 Å². The summed E-state index contributed by atoms with van der Waals surface area (Å²) in [5.41, 5.74) is 4.99. The molecule has 0 bridgehead atoms. The topological polar surface area (TPSA) is 44.4 Å². The highest BCUT2D eigenvalue weighted by Crippen LogP contribution is 2.48. The molecule has 4 nitrogen and oxygen atoms in total. The third-order valence-electron chi connectivity index (χ3n) is 5.24. The Balaban J connectivity index is 1.68. The number of nitrogens with zero attached hydrogens (tertiary/aromatic N) is 1. The van der Waals surface area contributed by atoms with E-state index in [0.717, 1.165) is 22.6 Å². The lowest BCUT2D eigenvalue weighted by Crippen LogP contribution is -2.35. The van der Waals surface area contributed by atoms with E-state index in [1.54, 1.807) is 11.8 Å². The van der Waals surface area contributed by atoms with Crippen LogP contribution < -0.4 is 15.5 Å². The molecule has 0 spiro atoms. The third kappa shape index (κ3) is 2.41. The van der Waals surface area contributed by atoms with Crippen LogP contribution in [0.15, 0.2) is 41.3 Å². The Morgan fingerprint density at radius 1 is 1.12 bits per heavy atom. The number of carbonyl (C=O) groups excluding carboxylic acids is 1. The number of rotatable bonds is 3. The van der Waals surface area contributed by atoms with Crippen molar-refractivity contribution in [3.05, 3.63) is 47.5 Å². The van der Waals surface area contributed by atoms with Gasteiger partial charge >= 0.3 is 0 Å². The first kappa shape index (κ1) is 16.3. The van der Waals surface area contributed by atoms with Crippen LogP contribution in [-0.4, -0.2) is 18.7 Å². The molecule has 1 atom stereocenters. The molecule has 2 aliphatic heterocycles. The summed E-state index contributed by atoms with van der Waals surface area (Å²) in [6, 6.07) is 12.9. The molecule has 0 fully saturated rings. The van der Waals surface area contributed by atoms with Gasteiger partial charge in [-0.3, -0.25) is 4.79 Å². The molecular formula is C20H23N3OS. The van der Waals surface area contributed by atoms with E-state index in [2.05, 4.69) is 53.3 Å². The van der Waals surface area contributed by atoms with Crippen LogP contribution >= 0.6 is 11.8 Å². The molecule has 2 heterocycles. The summed E-state index contributed by atoms with van der Waals surface area (Å²) in [6.45, 7) is 6.74. The largest absolute Gasteiger partial charge is 0.360 e. The molecule has 1 unspecified atom stereocenters. The summed E-state index contributed by atoms with van der Waals surface area (Å²) in [5.74, 6) is 0.179. The highest BCUT2D eigenvalue weighted by atomic mass is 32.2. The predicted molar refractivity (Wildman–Crippen MR) is 106 cm³/mol. The molecule has 0 radical (unpaired) electrons. The Kier molecular flexibility index (Phi) is 3.72. The van der Waals surface area contributed by atoms with Gasteiger partial charge in [0.1, 0.15) is 6.17 Å². The second-order valence-electron chi connectivity index (χ2n) is 7.08. The van der Waals surface area contributed by atoms with Gasteiger partial charge in [-0.15, -0.1) is 11.8 Å². The Bertz CT molecular complexity index is 845. The maximum Gasteiger partial charge on any atom is 0.237 e. The molecule has 1 amide bonds. The molecular weight excluding hydrogens is 330 g/mol. The molecule has 0 aromatic heterocycles. The Morgan fingerprint density at radius 3 is 2.36 bits per heavy atom. The van der Waals surface area contributed by atoms with Crippen molar-refractivity contribution in [2.45, 2.75) is 37.2 Å². The SMILES string of the molecule is CCN1C(=O)C(C)(C)c2cc3c(cc21)NC(c1ccc(SC)cc1)N3. The lowest BCUT2D eigenvalue weighted by Gasteiger charge is -2.18.